The van der Waals surface area contributed by atoms with Crippen molar-refractivity contribution in [3.63, 3.8) is 0 Å². The second kappa shape index (κ2) is 9.34. The second-order valence-electron chi connectivity index (χ2n) is 8.34. The van der Waals surface area contributed by atoms with Crippen LogP contribution in [0.2, 0.25) is 5.02 Å². The summed E-state index contributed by atoms with van der Waals surface area (Å²) < 4.78 is 4.98. The molecule has 0 unspecified atom stereocenters. The normalized spacial score (nSPS) is 30.7. The Morgan fingerprint density at radius 1 is 1.06 bits per heavy atom. The van der Waals surface area contributed by atoms with Gasteiger partial charge in [0.2, 0.25) is 11.8 Å². The Bertz CT molecular complexity index is 990. The number of alkyl halides is 2. The number of amides is 4. The van der Waals surface area contributed by atoms with E-state index in [0.717, 1.165) is 11.3 Å². The largest absolute Gasteiger partial charge is 0.454 e. The highest BCUT2D eigenvalue weighted by Crippen LogP contribution is 2.60. The van der Waals surface area contributed by atoms with Gasteiger partial charge in [-0.3, -0.25) is 34.9 Å². The third kappa shape index (κ3) is 4.30. The van der Waals surface area contributed by atoms with Gasteiger partial charge in [-0.05, 0) is 49.4 Å². The molecule has 0 aromatic heterocycles. The topological polar surface area (TPSA) is 122 Å². The van der Waals surface area contributed by atoms with Gasteiger partial charge in [-0.1, -0.05) is 43.5 Å². The van der Waals surface area contributed by atoms with E-state index in [4.69, 9.17) is 16.3 Å². The molecular weight excluding hydrogens is 586 g/mol. The maximum Gasteiger partial charge on any atom is 0.329 e. The number of fused-ring (bicyclic) bond motifs is 5. The van der Waals surface area contributed by atoms with E-state index >= 15 is 0 Å². The van der Waals surface area contributed by atoms with Crippen molar-refractivity contribution in [2.45, 2.75) is 29.0 Å². The number of imide groups is 1. The number of hydrogen-bond donors (Lipinski definition) is 2. The van der Waals surface area contributed by atoms with Crippen LogP contribution in [0, 0.1) is 23.7 Å². The van der Waals surface area contributed by atoms with Crippen LogP contribution in [-0.2, 0) is 23.9 Å². The monoisotopic (exact) mass is 603 g/mol. The summed E-state index contributed by atoms with van der Waals surface area (Å²) in [5, 5.41) is 0.460. The Hall–Kier alpha value is -1.98. The molecule has 12 heteroatoms. The van der Waals surface area contributed by atoms with E-state index in [1.54, 1.807) is 0 Å². The lowest BCUT2D eigenvalue weighted by atomic mass is 9.81. The minimum atomic E-state index is -1.16. The van der Waals surface area contributed by atoms with Crippen molar-refractivity contribution in [2.75, 3.05) is 6.61 Å². The lowest BCUT2D eigenvalue weighted by Crippen LogP contribution is -2.47. The molecule has 2 saturated carbocycles. The van der Waals surface area contributed by atoms with E-state index in [2.05, 4.69) is 42.7 Å². The first-order chi connectivity index (χ1) is 15.6. The first kappa shape index (κ1) is 24.2. The number of carbonyl (C=O) groups is 5. The van der Waals surface area contributed by atoms with Crippen molar-refractivity contribution in [1.29, 1.82) is 0 Å². The minimum absolute atomic E-state index is 0.0316. The molecule has 3 aliphatic rings. The van der Waals surface area contributed by atoms with Crippen LogP contribution in [0.1, 0.15) is 23.7 Å². The van der Waals surface area contributed by atoms with Crippen molar-refractivity contribution in [3.05, 3.63) is 34.9 Å². The molecule has 2 aliphatic carbocycles. The SMILES string of the molecule is C[C@H](C(=O)OCC(=O)NNC(=O)c1ccc(Cl)cc1)N1C(=O)[C@@H]2[C@H]3C[C@@H]([C@H](Br)[C@H]3Br)[C@H]2C1=O. The summed E-state index contributed by atoms with van der Waals surface area (Å²) in [4.78, 5) is 63.5. The summed E-state index contributed by atoms with van der Waals surface area (Å²) in [6.07, 6.45) is 0.785. The van der Waals surface area contributed by atoms with Crippen LogP contribution < -0.4 is 10.9 Å². The number of nitrogens with zero attached hydrogens (tertiary/aromatic N) is 1. The van der Waals surface area contributed by atoms with Gasteiger partial charge in [0.15, 0.2) is 6.61 Å². The maximum atomic E-state index is 13.0. The van der Waals surface area contributed by atoms with Gasteiger partial charge in [-0.15, -0.1) is 0 Å². The molecular formula is C21H20Br2ClN3O6. The summed E-state index contributed by atoms with van der Waals surface area (Å²) in [6, 6.07) is 4.85. The average Bonchev–Trinajstić information content (AvgIpc) is 3.40. The van der Waals surface area contributed by atoms with Crippen molar-refractivity contribution in [1.82, 2.24) is 15.8 Å². The van der Waals surface area contributed by atoms with E-state index in [1.807, 2.05) is 0 Å². The molecule has 2 bridgehead atoms. The van der Waals surface area contributed by atoms with Gasteiger partial charge in [0.05, 0.1) is 11.8 Å². The Balaban J connectivity index is 1.29. The van der Waals surface area contributed by atoms with Crippen LogP contribution in [0.25, 0.3) is 0 Å². The third-order valence-corrected chi connectivity index (χ3v) is 9.98. The van der Waals surface area contributed by atoms with E-state index in [0.29, 0.717) is 5.02 Å². The molecule has 4 rings (SSSR count). The molecule has 1 aromatic rings. The van der Waals surface area contributed by atoms with Gasteiger partial charge in [-0.25, -0.2) is 4.79 Å². The first-order valence-corrected chi connectivity index (χ1v) is 12.5. The zero-order valence-electron chi connectivity index (χ0n) is 17.3. The highest BCUT2D eigenvalue weighted by atomic mass is 79.9. The third-order valence-electron chi connectivity index (χ3n) is 6.52. The van der Waals surface area contributed by atoms with Gasteiger partial charge < -0.3 is 4.74 Å². The van der Waals surface area contributed by atoms with Gasteiger partial charge >= 0.3 is 5.97 Å². The van der Waals surface area contributed by atoms with E-state index in [-0.39, 0.29) is 38.9 Å². The minimum Gasteiger partial charge on any atom is -0.454 e. The van der Waals surface area contributed by atoms with Crippen molar-refractivity contribution >= 4 is 73.1 Å². The number of ether oxygens (including phenoxy) is 1. The summed E-state index contributed by atoms with van der Waals surface area (Å²) in [5.74, 6) is -3.80. The number of nitrogens with one attached hydrogen (secondary N) is 2. The summed E-state index contributed by atoms with van der Waals surface area (Å²) in [7, 11) is 0. The van der Waals surface area contributed by atoms with E-state index in [1.165, 1.54) is 31.2 Å². The number of likely N-dealkylation sites (tertiary alicyclic amines) is 1. The summed E-state index contributed by atoms with van der Waals surface area (Å²) in [6.45, 7) is 0.712. The van der Waals surface area contributed by atoms with Crippen molar-refractivity contribution in [2.24, 2.45) is 23.7 Å². The number of halogens is 3. The van der Waals surface area contributed by atoms with E-state index in [9.17, 15) is 24.0 Å². The molecule has 0 spiro atoms. The Kier molecular flexibility index (Phi) is 6.84. The summed E-state index contributed by atoms with van der Waals surface area (Å²) in [5.41, 5.74) is 4.59. The predicted molar refractivity (Wildman–Crippen MR) is 123 cm³/mol. The highest BCUT2D eigenvalue weighted by Gasteiger charge is 2.67. The van der Waals surface area contributed by atoms with Crippen LogP contribution in [0.3, 0.4) is 0 Å². The van der Waals surface area contributed by atoms with E-state index < -0.39 is 42.3 Å². The van der Waals surface area contributed by atoms with Gasteiger partial charge in [-0.2, -0.15) is 0 Å². The molecule has 1 aromatic carbocycles. The molecule has 4 amide bonds. The number of hydrogen-bond acceptors (Lipinski definition) is 6. The fourth-order valence-corrected chi connectivity index (χ4v) is 6.95. The lowest BCUT2D eigenvalue weighted by Gasteiger charge is -2.28. The number of carbonyl (C=O) groups excluding carboxylic acids is 5. The maximum absolute atomic E-state index is 13.0. The molecule has 7 atom stereocenters. The molecule has 2 N–H and O–H groups in total. The molecule has 1 aliphatic heterocycles. The number of benzene rings is 1. The Labute approximate surface area is 211 Å². The van der Waals surface area contributed by atoms with Crippen molar-refractivity contribution in [3.8, 4) is 0 Å². The number of hydrazine groups is 1. The van der Waals surface area contributed by atoms with Gasteiger partial charge in [0.1, 0.15) is 6.04 Å². The first-order valence-electron chi connectivity index (χ1n) is 10.3. The number of rotatable bonds is 5. The van der Waals surface area contributed by atoms with Crippen LogP contribution in [0.5, 0.6) is 0 Å². The Morgan fingerprint density at radius 2 is 1.61 bits per heavy atom. The van der Waals surface area contributed by atoms with Crippen molar-refractivity contribution < 1.29 is 28.7 Å². The number of esters is 1. The Morgan fingerprint density at radius 3 is 2.15 bits per heavy atom. The average molecular weight is 606 g/mol. The second-order valence-corrected chi connectivity index (χ2v) is 10.9. The zero-order chi connectivity index (χ0) is 24.0. The summed E-state index contributed by atoms with van der Waals surface area (Å²) >= 11 is 13.0. The molecule has 1 saturated heterocycles. The van der Waals surface area contributed by atoms with Gasteiger partial charge in [0, 0.05) is 20.2 Å². The highest BCUT2D eigenvalue weighted by molar-refractivity contribution is 9.12. The molecule has 176 valence electrons. The van der Waals surface area contributed by atoms with Crippen LogP contribution in [0.15, 0.2) is 24.3 Å². The van der Waals surface area contributed by atoms with Gasteiger partial charge in [0.25, 0.3) is 11.8 Å². The molecule has 33 heavy (non-hydrogen) atoms. The zero-order valence-corrected chi connectivity index (χ0v) is 21.2. The predicted octanol–water partition coefficient (Wildman–Crippen LogP) is 1.81. The van der Waals surface area contributed by atoms with Crippen LogP contribution in [0.4, 0.5) is 0 Å². The quantitative estimate of drug-likeness (QED) is 0.229. The fraction of sp³-hybridized carbons (Fsp3) is 0.476. The molecule has 0 radical (unpaired) electrons. The van der Waals surface area contributed by atoms with Crippen LogP contribution in [-0.4, -0.2) is 56.8 Å². The fourth-order valence-electron chi connectivity index (χ4n) is 4.95. The molecule has 1 heterocycles. The van der Waals surface area contributed by atoms with Crippen LogP contribution >= 0.6 is 43.5 Å². The smallest absolute Gasteiger partial charge is 0.329 e. The molecule has 9 nitrogen and oxygen atoms in total. The molecule has 3 fully saturated rings. The lowest BCUT2D eigenvalue weighted by molar-refractivity contribution is -0.160. The standard InChI is InChI=1S/C21H20Br2ClN3O6/c1-8(27-19(30)14-11-6-12(15(14)20(27)31)17(23)16(11)22)21(32)33-7-13(28)25-26-18(29)9-2-4-10(24)5-3-9/h2-5,8,11-12,14-17H,6-7H2,1H3,(H,25,28)(H,26,29)/t8-,11-,12-,14-,15-,16+,17+/m1/s1.